The molecule has 0 bridgehead atoms. The minimum atomic E-state index is -1.05. The van der Waals surface area contributed by atoms with E-state index in [-0.39, 0.29) is 11.3 Å². The molecule has 1 aliphatic rings. The van der Waals surface area contributed by atoms with Gasteiger partial charge in [-0.1, -0.05) is 6.07 Å². The number of carbonyl (C=O) groups is 2. The smallest absolute Gasteiger partial charge is 0.327 e. The number of nitrogens with one attached hydrogen (secondary N) is 1. The van der Waals surface area contributed by atoms with E-state index in [1.54, 1.807) is 18.2 Å². The topological polar surface area (TPSA) is 103 Å². The monoisotopic (exact) mass is 307 g/mol. The summed E-state index contributed by atoms with van der Waals surface area (Å²) in [6.45, 7) is 0. The number of nitriles is 1. The van der Waals surface area contributed by atoms with Crippen LogP contribution < -0.4 is 10.1 Å². The average Bonchev–Trinajstić information content (AvgIpc) is 2.97. The number of ether oxygens (including phenoxy) is 1. The Hall–Kier alpha value is -2.40. The quantitative estimate of drug-likeness (QED) is 0.878. The van der Waals surface area contributed by atoms with E-state index in [4.69, 9.17) is 15.1 Å². The van der Waals surface area contributed by atoms with Crippen molar-refractivity contribution in [2.24, 2.45) is 0 Å². The number of methoxy groups -OCH3 is 1. The zero-order valence-electron chi connectivity index (χ0n) is 11.2. The summed E-state index contributed by atoms with van der Waals surface area (Å²) < 4.78 is 5.12. The number of rotatable bonds is 3. The molecule has 1 heterocycles. The van der Waals surface area contributed by atoms with Crippen LogP contribution in [-0.2, 0) is 4.79 Å². The Morgan fingerprint density at radius 1 is 1.57 bits per heavy atom. The van der Waals surface area contributed by atoms with Crippen molar-refractivity contribution in [2.75, 3.05) is 24.1 Å². The van der Waals surface area contributed by atoms with Crippen molar-refractivity contribution in [3.05, 3.63) is 23.8 Å². The fraction of sp³-hybridized carbons (Fsp3) is 0.308. The maximum atomic E-state index is 12.2. The number of benzene rings is 1. The molecule has 1 fully saturated rings. The van der Waals surface area contributed by atoms with Gasteiger partial charge in [-0.25, -0.2) is 9.59 Å². The van der Waals surface area contributed by atoms with Gasteiger partial charge in [-0.2, -0.15) is 5.26 Å². The predicted molar refractivity (Wildman–Crippen MR) is 77.3 cm³/mol. The molecule has 0 aliphatic carbocycles. The highest BCUT2D eigenvalue weighted by molar-refractivity contribution is 7.99. The van der Waals surface area contributed by atoms with E-state index in [0.717, 1.165) is 0 Å². The summed E-state index contributed by atoms with van der Waals surface area (Å²) >= 11 is 1.37. The number of carboxylic acid groups (broad SMARTS) is 1. The van der Waals surface area contributed by atoms with E-state index >= 15 is 0 Å². The Morgan fingerprint density at radius 3 is 2.95 bits per heavy atom. The largest absolute Gasteiger partial charge is 0.495 e. The van der Waals surface area contributed by atoms with Crippen LogP contribution >= 0.6 is 11.8 Å². The second kappa shape index (κ2) is 6.37. The third-order valence-electron chi connectivity index (χ3n) is 3.03. The van der Waals surface area contributed by atoms with Crippen LogP contribution in [-0.4, -0.2) is 46.8 Å². The Labute approximate surface area is 125 Å². The van der Waals surface area contributed by atoms with Gasteiger partial charge in [0.15, 0.2) is 0 Å². The first-order valence-electron chi connectivity index (χ1n) is 6.03. The molecular formula is C13H13N3O4S. The fourth-order valence-electron chi connectivity index (χ4n) is 1.95. The van der Waals surface area contributed by atoms with E-state index in [1.165, 1.54) is 23.8 Å². The molecule has 2 rings (SSSR count). The summed E-state index contributed by atoms with van der Waals surface area (Å²) in [6, 6.07) is 5.34. The van der Waals surface area contributed by atoms with Gasteiger partial charge in [-0.05, 0) is 12.1 Å². The average molecular weight is 307 g/mol. The van der Waals surface area contributed by atoms with Crippen molar-refractivity contribution >= 4 is 29.4 Å². The normalized spacial score (nSPS) is 17.1. The van der Waals surface area contributed by atoms with Crippen molar-refractivity contribution in [1.29, 1.82) is 5.26 Å². The highest BCUT2D eigenvalue weighted by Gasteiger charge is 2.35. The van der Waals surface area contributed by atoms with Crippen molar-refractivity contribution in [1.82, 2.24) is 4.90 Å². The van der Waals surface area contributed by atoms with Crippen LogP contribution in [0.25, 0.3) is 0 Å². The van der Waals surface area contributed by atoms with Gasteiger partial charge in [0, 0.05) is 5.75 Å². The highest BCUT2D eigenvalue weighted by atomic mass is 32.2. The minimum Gasteiger partial charge on any atom is -0.495 e. The van der Waals surface area contributed by atoms with Crippen LogP contribution in [0.5, 0.6) is 5.75 Å². The van der Waals surface area contributed by atoms with Crippen LogP contribution in [0.15, 0.2) is 18.2 Å². The number of carbonyl (C=O) groups excluding carboxylic acids is 1. The van der Waals surface area contributed by atoms with Crippen molar-refractivity contribution < 1.29 is 19.4 Å². The molecule has 1 unspecified atom stereocenters. The molecular weight excluding hydrogens is 294 g/mol. The highest BCUT2D eigenvalue weighted by Crippen LogP contribution is 2.29. The number of hydrogen-bond acceptors (Lipinski definition) is 5. The van der Waals surface area contributed by atoms with E-state index < -0.39 is 18.0 Å². The lowest BCUT2D eigenvalue weighted by molar-refractivity contribution is -0.140. The summed E-state index contributed by atoms with van der Waals surface area (Å²) in [4.78, 5) is 24.6. The number of hydrogen-bond donors (Lipinski definition) is 2. The lowest BCUT2D eigenvalue weighted by Crippen LogP contribution is -2.44. The Morgan fingerprint density at radius 2 is 2.33 bits per heavy atom. The van der Waals surface area contributed by atoms with Gasteiger partial charge in [0.25, 0.3) is 0 Å². The molecule has 2 amide bonds. The number of aliphatic carboxylic acids is 1. The van der Waals surface area contributed by atoms with Gasteiger partial charge in [0.05, 0.1) is 18.6 Å². The number of amides is 2. The Balaban J connectivity index is 2.24. The van der Waals surface area contributed by atoms with Crippen LogP contribution in [0, 0.1) is 11.3 Å². The SMILES string of the molecule is COc1cccc(C#N)c1NC(=O)N1CSCC1C(=O)O. The number of urea groups is 1. The van der Waals surface area contributed by atoms with Crippen molar-refractivity contribution in [3.63, 3.8) is 0 Å². The molecule has 2 N–H and O–H groups in total. The van der Waals surface area contributed by atoms with E-state index in [9.17, 15) is 9.59 Å². The summed E-state index contributed by atoms with van der Waals surface area (Å²) in [6.07, 6.45) is 0. The number of thioether (sulfide) groups is 1. The third-order valence-corrected chi connectivity index (χ3v) is 4.04. The Bertz CT molecular complexity index is 614. The van der Waals surface area contributed by atoms with E-state index in [2.05, 4.69) is 5.32 Å². The van der Waals surface area contributed by atoms with E-state index in [0.29, 0.717) is 17.4 Å². The second-order valence-corrected chi connectivity index (χ2v) is 5.25. The minimum absolute atomic E-state index is 0.244. The van der Waals surface area contributed by atoms with Gasteiger partial charge in [0.2, 0.25) is 0 Å². The lowest BCUT2D eigenvalue weighted by atomic mass is 10.2. The zero-order chi connectivity index (χ0) is 15.4. The van der Waals surface area contributed by atoms with Crippen LogP contribution in [0.2, 0.25) is 0 Å². The van der Waals surface area contributed by atoms with Gasteiger partial charge in [-0.3, -0.25) is 0 Å². The first-order chi connectivity index (χ1) is 10.1. The number of anilines is 1. The lowest BCUT2D eigenvalue weighted by Gasteiger charge is -2.22. The molecule has 1 aromatic carbocycles. The molecule has 110 valence electrons. The molecule has 1 aromatic rings. The summed E-state index contributed by atoms with van der Waals surface area (Å²) in [5.41, 5.74) is 0.495. The second-order valence-electron chi connectivity index (χ2n) is 4.25. The van der Waals surface area contributed by atoms with Crippen molar-refractivity contribution in [3.8, 4) is 11.8 Å². The number of para-hydroxylation sites is 1. The predicted octanol–water partition coefficient (Wildman–Crippen LogP) is 1.56. The molecule has 7 nitrogen and oxygen atoms in total. The number of nitrogens with zero attached hydrogens (tertiary/aromatic N) is 2. The van der Waals surface area contributed by atoms with Gasteiger partial charge >= 0.3 is 12.0 Å². The standard InChI is InChI=1S/C13H13N3O4S/c1-20-10-4-2-3-8(5-14)11(10)15-13(19)16-7-21-6-9(16)12(17)18/h2-4,9H,6-7H2,1H3,(H,15,19)(H,17,18). The molecule has 0 radical (unpaired) electrons. The molecule has 0 aromatic heterocycles. The molecule has 1 aliphatic heterocycles. The van der Waals surface area contributed by atoms with Crippen LogP contribution in [0.3, 0.4) is 0 Å². The maximum absolute atomic E-state index is 12.2. The van der Waals surface area contributed by atoms with E-state index in [1.807, 2.05) is 6.07 Å². The molecule has 0 spiro atoms. The maximum Gasteiger partial charge on any atom is 0.327 e. The summed E-state index contributed by atoms with van der Waals surface area (Å²) in [7, 11) is 1.43. The van der Waals surface area contributed by atoms with Crippen molar-refractivity contribution in [2.45, 2.75) is 6.04 Å². The first-order valence-corrected chi connectivity index (χ1v) is 7.19. The summed E-state index contributed by atoms with van der Waals surface area (Å²) in [5.74, 6) is -0.0589. The third kappa shape index (κ3) is 3.03. The Kier molecular flexibility index (Phi) is 4.55. The molecule has 1 saturated heterocycles. The fourth-order valence-corrected chi connectivity index (χ4v) is 3.09. The molecule has 1 atom stereocenters. The molecule has 21 heavy (non-hydrogen) atoms. The molecule has 0 saturated carbocycles. The summed E-state index contributed by atoms with van der Waals surface area (Å²) in [5, 5.41) is 20.7. The first kappa shape index (κ1) is 15.0. The van der Waals surface area contributed by atoms with Crippen LogP contribution in [0.1, 0.15) is 5.56 Å². The van der Waals surface area contributed by atoms with Gasteiger partial charge < -0.3 is 20.1 Å². The zero-order valence-corrected chi connectivity index (χ0v) is 12.0. The molecule has 8 heteroatoms. The van der Waals surface area contributed by atoms with Gasteiger partial charge in [-0.15, -0.1) is 11.8 Å². The van der Waals surface area contributed by atoms with Crippen LogP contribution in [0.4, 0.5) is 10.5 Å². The number of carboxylic acids is 1. The van der Waals surface area contributed by atoms with Gasteiger partial charge in [0.1, 0.15) is 23.5 Å².